The van der Waals surface area contributed by atoms with Gasteiger partial charge in [0.2, 0.25) is 17.2 Å². The van der Waals surface area contributed by atoms with Gasteiger partial charge in [-0.05, 0) is 32.9 Å². The van der Waals surface area contributed by atoms with E-state index in [1.54, 1.807) is 31.2 Å². The molecule has 0 saturated heterocycles. The molecule has 8 heteroatoms. The van der Waals surface area contributed by atoms with E-state index in [1.165, 1.54) is 12.5 Å². The zero-order chi connectivity index (χ0) is 29.8. The van der Waals surface area contributed by atoms with Gasteiger partial charge in [0.1, 0.15) is 12.0 Å². The molecule has 224 valence electrons. The van der Waals surface area contributed by atoms with Crippen LogP contribution in [0.3, 0.4) is 0 Å². The van der Waals surface area contributed by atoms with Crippen LogP contribution < -0.4 is 4.73 Å². The molecule has 0 bridgehead atoms. The van der Waals surface area contributed by atoms with Crippen molar-refractivity contribution in [3.8, 4) is 22.8 Å². The van der Waals surface area contributed by atoms with Gasteiger partial charge in [-0.1, -0.05) is 121 Å². The maximum atomic E-state index is 12.3. The maximum Gasteiger partial charge on any atom is 0.392 e. The number of nitrogens with zero attached hydrogens (tertiary/aromatic N) is 2. The number of hydrogen-bond donors (Lipinski definition) is 1. The lowest BCUT2D eigenvalue weighted by Gasteiger charge is -1.97. The summed E-state index contributed by atoms with van der Waals surface area (Å²) in [5.41, 5.74) is 5.98. The van der Waals surface area contributed by atoms with Crippen molar-refractivity contribution in [1.82, 2.24) is 0 Å². The summed E-state index contributed by atoms with van der Waals surface area (Å²) in [4.78, 5) is 21.4. The van der Waals surface area contributed by atoms with Crippen LogP contribution in [-0.2, 0) is 0 Å². The molecule has 7 nitrogen and oxygen atoms in total. The zero-order valence-corrected chi connectivity index (χ0v) is 24.7. The summed E-state index contributed by atoms with van der Waals surface area (Å²) in [6.07, 6.45) is 0.847. The molecule has 0 aliphatic heterocycles. The van der Waals surface area contributed by atoms with Crippen LogP contribution in [0.1, 0.15) is 51.9 Å². The third-order valence-corrected chi connectivity index (χ3v) is 6.08. The highest BCUT2D eigenvalue weighted by Crippen LogP contribution is 2.27. The van der Waals surface area contributed by atoms with E-state index in [4.69, 9.17) is 9.62 Å². The Morgan fingerprint density at radius 2 is 1.28 bits per heavy atom. The van der Waals surface area contributed by atoms with Crippen LogP contribution in [0.2, 0.25) is 0 Å². The fraction of sp³-hybridized carbons (Fsp3) is 0.143. The van der Waals surface area contributed by atoms with Gasteiger partial charge >= 0.3 is 5.89 Å². The number of ketones is 1. The van der Waals surface area contributed by atoms with E-state index in [2.05, 4.69) is 5.16 Å². The van der Waals surface area contributed by atoms with Crippen molar-refractivity contribution >= 4 is 30.2 Å². The third-order valence-electron chi connectivity index (χ3n) is 6.08. The van der Waals surface area contributed by atoms with E-state index in [0.29, 0.717) is 22.9 Å². The summed E-state index contributed by atoms with van der Waals surface area (Å²) in [5.74, 6) is 0.704. The lowest BCUT2D eigenvalue weighted by Crippen LogP contribution is -2.29. The molecule has 4 aromatic carbocycles. The van der Waals surface area contributed by atoms with E-state index >= 15 is 0 Å². The Labute approximate surface area is 259 Å². The van der Waals surface area contributed by atoms with Crippen LogP contribution in [0.4, 0.5) is 0 Å². The molecule has 0 fully saturated rings. The number of rotatable bonds is 5. The van der Waals surface area contributed by atoms with Crippen LogP contribution in [-0.4, -0.2) is 23.0 Å². The number of oxime groups is 1. The molecule has 0 amide bonds. The van der Waals surface area contributed by atoms with Gasteiger partial charge in [-0.15, -0.1) is 17.1 Å². The van der Waals surface area contributed by atoms with Crippen molar-refractivity contribution in [3.05, 3.63) is 142 Å². The summed E-state index contributed by atoms with van der Waals surface area (Å²) in [7, 11) is 0. The highest BCUT2D eigenvalue weighted by atomic mass is 35.5. The molecule has 0 atom stereocenters. The molecule has 1 aromatic heterocycles. The molecular weight excluding hydrogens is 564 g/mol. The Morgan fingerprint density at radius 3 is 1.77 bits per heavy atom. The molecule has 1 N–H and O–H groups in total. The standard InChI is InChI=1S/C17H15NO2.C9H9NO2.C8H8O.CH4.ClH/c1-12-8-10-15(11-9-12)17-18(19)13(2)16(20-17)14-6-4-3-5-7-14;1-7(10-12)9(11)8-5-3-2-4-6-8;1-7-2-4-8(6-9)5-3-7;;/h3-11H,1-2H3;2-6,12H,1H3;2-6H,1H3;1H4;1H/b;10-7+;;;. The Hall–Kier alpha value is -5.01. The number of Topliss-reactive ketones (excluding diaryl/α,β-unsaturated/α-hetero) is 1. The lowest BCUT2D eigenvalue weighted by atomic mass is 10.1. The normalized spacial score (nSPS) is 10.0. The Morgan fingerprint density at radius 1 is 0.791 bits per heavy atom. The zero-order valence-electron chi connectivity index (χ0n) is 23.9. The van der Waals surface area contributed by atoms with Crippen LogP contribution in [0.5, 0.6) is 0 Å². The minimum atomic E-state index is -0.252. The first-order chi connectivity index (χ1) is 19.7. The van der Waals surface area contributed by atoms with Gasteiger partial charge in [0.25, 0.3) is 0 Å². The quantitative estimate of drug-likeness (QED) is 0.0414. The Kier molecular flexibility index (Phi) is 14.8. The number of aldehydes is 1. The van der Waals surface area contributed by atoms with Gasteiger partial charge in [0.15, 0.2) is 0 Å². The van der Waals surface area contributed by atoms with E-state index in [-0.39, 0.29) is 31.3 Å². The topological polar surface area (TPSA) is 107 Å². The smallest absolute Gasteiger partial charge is 0.392 e. The van der Waals surface area contributed by atoms with Crippen molar-refractivity contribution in [3.63, 3.8) is 0 Å². The molecule has 0 spiro atoms. The number of oxazole rings is 1. The van der Waals surface area contributed by atoms with Gasteiger partial charge in [0.05, 0.1) is 5.56 Å². The molecule has 5 rings (SSSR count). The van der Waals surface area contributed by atoms with Crippen molar-refractivity contribution in [2.24, 2.45) is 5.16 Å². The number of carbonyl (C=O) groups excluding carboxylic acids is 2. The maximum absolute atomic E-state index is 12.3. The largest absolute Gasteiger partial charge is 0.616 e. The third kappa shape index (κ3) is 10.1. The summed E-state index contributed by atoms with van der Waals surface area (Å²) in [5, 5.41) is 23.4. The van der Waals surface area contributed by atoms with Crippen LogP contribution in [0, 0.1) is 26.0 Å². The number of hydrogen-bond acceptors (Lipinski definition) is 6. The molecule has 0 aliphatic carbocycles. The summed E-state index contributed by atoms with van der Waals surface area (Å²) in [6.45, 7) is 7.25. The van der Waals surface area contributed by atoms with Crippen molar-refractivity contribution in [1.29, 1.82) is 0 Å². The van der Waals surface area contributed by atoms with Crippen molar-refractivity contribution < 1.29 is 23.9 Å². The van der Waals surface area contributed by atoms with Crippen molar-refractivity contribution in [2.75, 3.05) is 0 Å². The molecule has 1 heterocycles. The molecule has 43 heavy (non-hydrogen) atoms. The Bertz CT molecular complexity index is 1600. The van der Waals surface area contributed by atoms with Gasteiger partial charge in [-0.2, -0.15) is 0 Å². The van der Waals surface area contributed by atoms with Crippen LogP contribution in [0.15, 0.2) is 119 Å². The molecule has 0 aliphatic rings. The molecular formula is C35H37ClN2O5. The summed E-state index contributed by atoms with van der Waals surface area (Å²) < 4.78 is 6.66. The lowest BCUT2D eigenvalue weighted by molar-refractivity contribution is -0.602. The predicted molar refractivity (Wildman–Crippen MR) is 174 cm³/mol. The van der Waals surface area contributed by atoms with Gasteiger partial charge in [-0.25, -0.2) is 0 Å². The first-order valence-corrected chi connectivity index (χ1v) is 12.9. The van der Waals surface area contributed by atoms with Crippen LogP contribution in [0.25, 0.3) is 22.8 Å². The number of aryl methyl sites for hydroxylation is 2. The van der Waals surface area contributed by atoms with Gasteiger partial charge in [-0.3, -0.25) is 9.59 Å². The first-order valence-electron chi connectivity index (χ1n) is 12.9. The van der Waals surface area contributed by atoms with Gasteiger partial charge < -0.3 is 14.8 Å². The SMILES string of the molecule is C.C/C(=N\O)C(=O)c1ccccc1.Cc1ccc(-c2oc(-c3ccccc3)c(C)[n+]2[O-])cc1.Cc1ccc(C=O)cc1.Cl. The van der Waals surface area contributed by atoms with Crippen molar-refractivity contribution in [2.45, 2.75) is 35.1 Å². The Balaban J connectivity index is 0.000000346. The fourth-order valence-corrected chi connectivity index (χ4v) is 3.68. The second-order valence-corrected chi connectivity index (χ2v) is 9.26. The van der Waals surface area contributed by atoms with E-state index in [0.717, 1.165) is 33.3 Å². The second kappa shape index (κ2) is 17.7. The average molecular weight is 601 g/mol. The van der Waals surface area contributed by atoms with Gasteiger partial charge in [0, 0.05) is 23.6 Å². The van der Waals surface area contributed by atoms with E-state index < -0.39 is 0 Å². The fourth-order valence-electron chi connectivity index (χ4n) is 3.68. The highest BCUT2D eigenvalue weighted by Gasteiger charge is 2.23. The molecule has 0 saturated carbocycles. The monoisotopic (exact) mass is 600 g/mol. The highest BCUT2D eigenvalue weighted by molar-refractivity contribution is 6.45. The second-order valence-electron chi connectivity index (χ2n) is 9.26. The number of aromatic nitrogens is 1. The average Bonchev–Trinajstić information content (AvgIpc) is 3.32. The number of benzene rings is 4. The number of halogens is 1. The summed E-state index contributed by atoms with van der Waals surface area (Å²) >= 11 is 0. The number of carbonyl (C=O) groups is 2. The summed E-state index contributed by atoms with van der Waals surface area (Å²) in [6, 6.07) is 33.6. The minimum absolute atomic E-state index is 0. The predicted octanol–water partition coefficient (Wildman–Crippen LogP) is 8.45. The first kappa shape index (κ1) is 36.0. The molecule has 0 radical (unpaired) electrons. The molecule has 5 aromatic rings. The molecule has 0 unspecified atom stereocenters. The van der Waals surface area contributed by atoms with E-state index in [9.17, 15) is 14.8 Å². The van der Waals surface area contributed by atoms with Crippen LogP contribution >= 0.6 is 12.4 Å². The minimum Gasteiger partial charge on any atom is -0.616 e. The van der Waals surface area contributed by atoms with E-state index in [1.807, 2.05) is 98.8 Å².